The van der Waals surface area contributed by atoms with Gasteiger partial charge in [0.25, 0.3) is 5.91 Å². The molecule has 5 N–H and O–H groups in total. The van der Waals surface area contributed by atoms with Crippen LogP contribution in [0.25, 0.3) is 0 Å². The quantitative estimate of drug-likeness (QED) is 0.425. The summed E-state index contributed by atoms with van der Waals surface area (Å²) in [5.74, 6) is 0.0122. The standard InChI is InChI=1S/C23H36N4O3.ClH/c1-15(2)13-20(24)23(30)27-11-9-19(10-12-27)22(29)26-17(4)21(28)25-14-18-7-5-16(3)6-8-18;/h5-8,15,17,19-20H,9-14,24H2,1-4H3,(H,25,28)(H,26,29);1H/t17-,20-;/m0./s1. The molecule has 1 aromatic carbocycles. The molecule has 0 bridgehead atoms. The number of carbonyl (C=O) groups excluding carboxylic acids is 3. The van der Waals surface area contributed by atoms with Gasteiger partial charge in [-0.2, -0.15) is 0 Å². The molecule has 0 saturated carbocycles. The summed E-state index contributed by atoms with van der Waals surface area (Å²) >= 11 is 0. The molecule has 0 unspecified atom stereocenters. The number of piperidine rings is 1. The zero-order valence-corrected chi connectivity index (χ0v) is 19.9. The maximum atomic E-state index is 12.6. The van der Waals surface area contributed by atoms with Crippen molar-refractivity contribution in [2.24, 2.45) is 11.8 Å². The number of benzene rings is 1. The van der Waals surface area contributed by atoms with Gasteiger partial charge in [-0.1, -0.05) is 43.7 Å². The van der Waals surface area contributed by atoms with Crippen LogP contribution < -0.4 is 28.8 Å². The Kier molecular flexibility index (Phi) is 11.0. The predicted octanol–water partition coefficient (Wildman–Crippen LogP) is -1.98. The highest BCUT2D eigenvalue weighted by Gasteiger charge is 2.32. The van der Waals surface area contributed by atoms with Crippen LogP contribution in [0, 0.1) is 18.8 Å². The van der Waals surface area contributed by atoms with Gasteiger partial charge in [0.05, 0.1) is 0 Å². The van der Waals surface area contributed by atoms with Crippen LogP contribution >= 0.6 is 0 Å². The normalized spacial score (nSPS) is 16.3. The van der Waals surface area contributed by atoms with Crippen LogP contribution in [0.2, 0.25) is 0 Å². The first-order valence-corrected chi connectivity index (χ1v) is 10.9. The molecule has 1 aliphatic heterocycles. The second kappa shape index (κ2) is 12.7. The number of halogens is 1. The van der Waals surface area contributed by atoms with E-state index in [1.807, 2.05) is 36.1 Å². The number of hydrogen-bond donors (Lipinski definition) is 3. The summed E-state index contributed by atoms with van der Waals surface area (Å²) in [4.78, 5) is 39.2. The van der Waals surface area contributed by atoms with E-state index in [0.29, 0.717) is 38.4 Å². The molecule has 1 heterocycles. The first-order chi connectivity index (χ1) is 14.2. The zero-order chi connectivity index (χ0) is 22.3. The number of aryl methyl sites for hydroxylation is 1. The number of hydrogen-bond acceptors (Lipinski definition) is 3. The second-order valence-corrected chi connectivity index (χ2v) is 8.86. The van der Waals surface area contributed by atoms with E-state index in [1.54, 1.807) is 6.92 Å². The first-order valence-electron chi connectivity index (χ1n) is 10.9. The fourth-order valence-corrected chi connectivity index (χ4v) is 3.74. The number of carbonyl (C=O) groups is 3. The van der Waals surface area contributed by atoms with Crippen molar-refractivity contribution < 1.29 is 32.5 Å². The lowest BCUT2D eigenvalue weighted by molar-refractivity contribution is -0.408. The van der Waals surface area contributed by atoms with Crippen molar-refractivity contribution in [3.05, 3.63) is 35.4 Å². The van der Waals surface area contributed by atoms with Crippen molar-refractivity contribution in [1.82, 2.24) is 15.5 Å². The van der Waals surface area contributed by atoms with Crippen molar-refractivity contribution in [3.63, 3.8) is 0 Å². The van der Waals surface area contributed by atoms with Gasteiger partial charge in [-0.3, -0.25) is 14.4 Å². The van der Waals surface area contributed by atoms with Gasteiger partial charge >= 0.3 is 0 Å². The van der Waals surface area contributed by atoms with Crippen LogP contribution in [0.5, 0.6) is 0 Å². The minimum absolute atomic E-state index is 0. The van der Waals surface area contributed by atoms with Crippen LogP contribution in [-0.4, -0.2) is 47.8 Å². The molecule has 1 saturated heterocycles. The molecule has 174 valence electrons. The van der Waals surface area contributed by atoms with E-state index in [1.165, 1.54) is 5.56 Å². The maximum Gasteiger partial charge on any atom is 0.280 e. The average molecular weight is 453 g/mol. The number of nitrogens with zero attached hydrogens (tertiary/aromatic N) is 1. The maximum absolute atomic E-state index is 12.6. The summed E-state index contributed by atoms with van der Waals surface area (Å²) < 4.78 is 0. The van der Waals surface area contributed by atoms with Crippen molar-refractivity contribution >= 4 is 17.7 Å². The fraction of sp³-hybridized carbons (Fsp3) is 0.609. The molecule has 1 aliphatic rings. The van der Waals surface area contributed by atoms with E-state index in [-0.39, 0.29) is 42.1 Å². The predicted molar refractivity (Wildman–Crippen MR) is 116 cm³/mol. The SMILES string of the molecule is Cc1ccc(CNC(=O)[C@H](C)NC(=O)C2CCN(C(=O)[C@@H]([NH3+])CC(C)C)CC2)cc1.[Cl-]. The van der Waals surface area contributed by atoms with Gasteiger partial charge in [0.1, 0.15) is 6.04 Å². The second-order valence-electron chi connectivity index (χ2n) is 8.86. The molecule has 2 rings (SSSR count). The van der Waals surface area contributed by atoms with Crippen molar-refractivity contribution in [2.75, 3.05) is 13.1 Å². The Morgan fingerprint density at radius 3 is 2.23 bits per heavy atom. The van der Waals surface area contributed by atoms with E-state index in [9.17, 15) is 14.4 Å². The summed E-state index contributed by atoms with van der Waals surface area (Å²) in [6.07, 6.45) is 2.00. The van der Waals surface area contributed by atoms with Gasteiger partial charge in [-0.25, -0.2) is 0 Å². The van der Waals surface area contributed by atoms with Crippen LogP contribution in [0.4, 0.5) is 0 Å². The number of nitrogens with one attached hydrogen (secondary N) is 2. The lowest BCUT2D eigenvalue weighted by Gasteiger charge is -2.32. The van der Waals surface area contributed by atoms with Crippen molar-refractivity contribution in [3.8, 4) is 0 Å². The summed E-state index contributed by atoms with van der Waals surface area (Å²) in [7, 11) is 0. The van der Waals surface area contributed by atoms with Crippen LogP contribution in [-0.2, 0) is 20.9 Å². The van der Waals surface area contributed by atoms with Crippen molar-refractivity contribution in [1.29, 1.82) is 0 Å². The lowest BCUT2D eigenvalue weighted by atomic mass is 9.94. The average Bonchev–Trinajstić information content (AvgIpc) is 2.72. The Hall–Kier alpha value is -2.12. The summed E-state index contributed by atoms with van der Waals surface area (Å²) in [5.41, 5.74) is 6.18. The Morgan fingerprint density at radius 2 is 1.68 bits per heavy atom. The van der Waals surface area contributed by atoms with Gasteiger partial charge < -0.3 is 33.7 Å². The summed E-state index contributed by atoms with van der Waals surface area (Å²) in [6, 6.07) is 7.13. The number of likely N-dealkylation sites (tertiary alicyclic amines) is 1. The highest BCUT2D eigenvalue weighted by Crippen LogP contribution is 2.19. The Labute approximate surface area is 191 Å². The van der Waals surface area contributed by atoms with Crippen LogP contribution in [0.15, 0.2) is 24.3 Å². The zero-order valence-electron chi connectivity index (χ0n) is 19.1. The highest BCUT2D eigenvalue weighted by atomic mass is 35.5. The van der Waals surface area contributed by atoms with E-state index in [0.717, 1.165) is 12.0 Å². The number of amides is 3. The molecular formula is C23H37ClN4O3. The lowest BCUT2D eigenvalue weighted by Crippen LogP contribution is -3.00. The topological polar surface area (TPSA) is 106 Å². The van der Waals surface area contributed by atoms with Crippen molar-refractivity contribution in [2.45, 2.75) is 65.6 Å². The minimum atomic E-state index is -0.599. The molecule has 1 fully saturated rings. The van der Waals surface area contributed by atoms with Gasteiger partial charge in [0, 0.05) is 32.0 Å². The number of quaternary nitrogens is 1. The van der Waals surface area contributed by atoms with E-state index >= 15 is 0 Å². The molecule has 0 aromatic heterocycles. The van der Waals surface area contributed by atoms with Crippen LogP contribution in [0.1, 0.15) is 51.2 Å². The highest BCUT2D eigenvalue weighted by molar-refractivity contribution is 5.88. The van der Waals surface area contributed by atoms with E-state index < -0.39 is 6.04 Å². The molecule has 1 aromatic rings. The Balaban J connectivity index is 0.00000480. The molecule has 3 amide bonds. The molecule has 0 spiro atoms. The van der Waals surface area contributed by atoms with Gasteiger partial charge in [0.2, 0.25) is 11.8 Å². The molecule has 0 radical (unpaired) electrons. The monoisotopic (exact) mass is 452 g/mol. The van der Waals surface area contributed by atoms with Gasteiger partial charge in [-0.15, -0.1) is 0 Å². The molecule has 0 aliphatic carbocycles. The third-order valence-electron chi connectivity index (χ3n) is 5.62. The van der Waals surface area contributed by atoms with Gasteiger partial charge in [-0.05, 0) is 38.2 Å². The first kappa shape index (κ1) is 26.9. The Bertz CT molecular complexity index is 731. The van der Waals surface area contributed by atoms with E-state index in [4.69, 9.17) is 0 Å². The fourth-order valence-electron chi connectivity index (χ4n) is 3.74. The molecule has 7 nitrogen and oxygen atoms in total. The molecule has 8 heteroatoms. The van der Waals surface area contributed by atoms with E-state index in [2.05, 4.69) is 30.2 Å². The molecule has 31 heavy (non-hydrogen) atoms. The number of rotatable bonds is 8. The smallest absolute Gasteiger partial charge is 0.280 e. The molecular weight excluding hydrogens is 416 g/mol. The van der Waals surface area contributed by atoms with Gasteiger partial charge in [0.15, 0.2) is 6.04 Å². The molecule has 2 atom stereocenters. The summed E-state index contributed by atoms with van der Waals surface area (Å²) in [5, 5.41) is 5.68. The Morgan fingerprint density at radius 1 is 1.10 bits per heavy atom. The third-order valence-corrected chi connectivity index (χ3v) is 5.62. The minimum Gasteiger partial charge on any atom is -1.00 e. The third kappa shape index (κ3) is 8.50. The summed E-state index contributed by atoms with van der Waals surface area (Å²) in [6.45, 7) is 9.44. The van der Waals surface area contributed by atoms with Crippen LogP contribution in [0.3, 0.4) is 0 Å². The largest absolute Gasteiger partial charge is 1.00 e.